The van der Waals surface area contributed by atoms with Gasteiger partial charge in [-0.25, -0.2) is 0 Å². The molecule has 0 aliphatic carbocycles. The van der Waals surface area contributed by atoms with Gasteiger partial charge in [-0.1, -0.05) is 49.1 Å². The van der Waals surface area contributed by atoms with Crippen molar-refractivity contribution in [1.29, 1.82) is 0 Å². The molecule has 1 atom stereocenters. The van der Waals surface area contributed by atoms with Gasteiger partial charge in [0.1, 0.15) is 0 Å². The van der Waals surface area contributed by atoms with E-state index in [0.29, 0.717) is 11.0 Å². The number of carbonyl (C=O) groups excluding carboxylic acids is 1. The molecule has 0 spiro atoms. The molecule has 1 unspecified atom stereocenters. The topological polar surface area (TPSA) is 80.9 Å². The van der Waals surface area contributed by atoms with Gasteiger partial charge in [-0.15, -0.1) is 10.2 Å². The summed E-state index contributed by atoms with van der Waals surface area (Å²) < 4.78 is 0.725. The zero-order chi connectivity index (χ0) is 15.4. The van der Waals surface area contributed by atoms with Gasteiger partial charge in [0, 0.05) is 5.69 Å². The van der Waals surface area contributed by atoms with Crippen LogP contribution in [0, 0.1) is 0 Å². The largest absolute Gasteiger partial charge is 0.369 e. The van der Waals surface area contributed by atoms with E-state index in [0.717, 1.165) is 10.0 Å². The van der Waals surface area contributed by atoms with Crippen LogP contribution in [0.25, 0.3) is 0 Å². The number of nitrogens with zero attached hydrogens (tertiary/aromatic N) is 2. The van der Waals surface area contributed by atoms with Crippen molar-refractivity contribution < 1.29 is 4.79 Å². The van der Waals surface area contributed by atoms with Crippen molar-refractivity contribution >= 4 is 39.8 Å². The zero-order valence-electron chi connectivity index (χ0n) is 12.2. The maximum absolute atomic E-state index is 11.0. The molecule has 0 aliphatic heterocycles. The first-order valence-electron chi connectivity index (χ1n) is 6.62. The average molecular weight is 322 g/mol. The number of carbonyl (C=O) groups is 1. The number of hydrogen-bond donors (Lipinski definition) is 2. The first-order valence-corrected chi connectivity index (χ1v) is 8.32. The van der Waals surface area contributed by atoms with Crippen molar-refractivity contribution in [3.63, 3.8) is 0 Å². The van der Waals surface area contributed by atoms with Gasteiger partial charge in [0.25, 0.3) is 0 Å². The molecule has 0 radical (unpaired) electrons. The fraction of sp³-hybridized carbons (Fsp3) is 0.357. The molecule has 0 bridgehead atoms. The number of rotatable bonds is 6. The number of benzene rings is 1. The minimum Gasteiger partial charge on any atom is -0.369 e. The molecule has 7 heteroatoms. The smallest absolute Gasteiger partial charge is 0.230 e. The summed E-state index contributed by atoms with van der Waals surface area (Å²) >= 11 is 2.73. The molecule has 1 heterocycles. The third kappa shape index (κ3) is 4.44. The Morgan fingerprint density at radius 2 is 1.90 bits per heavy atom. The number of nitrogens with two attached hydrogens (primary N) is 1. The van der Waals surface area contributed by atoms with Gasteiger partial charge >= 0.3 is 0 Å². The van der Waals surface area contributed by atoms with Gasteiger partial charge in [0.15, 0.2) is 4.34 Å². The van der Waals surface area contributed by atoms with E-state index in [2.05, 4.69) is 41.5 Å². The Labute approximate surface area is 132 Å². The normalized spacial score (nSPS) is 12.4. The summed E-state index contributed by atoms with van der Waals surface area (Å²) in [6, 6.07) is 8.24. The molecule has 0 saturated carbocycles. The molecule has 112 valence electrons. The standard InChI is InChI=1S/C14H18N4OS2/c1-8(2)10-4-6-11(7-5-10)16-13-17-18-14(21-13)20-9(3)12(15)19/h4-9H,1-3H3,(H2,15,19)(H,16,17). The van der Waals surface area contributed by atoms with Crippen LogP contribution >= 0.6 is 23.1 Å². The predicted octanol–water partition coefficient (Wildman–Crippen LogP) is 3.37. The minimum absolute atomic E-state index is 0.309. The number of amides is 1. The fourth-order valence-electron chi connectivity index (χ4n) is 1.59. The third-order valence-corrected chi connectivity index (χ3v) is 4.95. The molecule has 0 aliphatic rings. The number of primary amides is 1. The Kier molecular flexibility index (Phi) is 5.19. The second kappa shape index (κ2) is 6.91. The highest BCUT2D eigenvalue weighted by Gasteiger charge is 2.14. The minimum atomic E-state index is -0.353. The SMILES string of the molecule is CC(Sc1nnc(Nc2ccc(C(C)C)cc2)s1)C(N)=O. The highest BCUT2D eigenvalue weighted by molar-refractivity contribution is 8.02. The third-order valence-electron chi connectivity index (χ3n) is 2.91. The molecule has 2 aromatic rings. The highest BCUT2D eigenvalue weighted by atomic mass is 32.2. The Hall–Kier alpha value is -1.60. The van der Waals surface area contributed by atoms with E-state index in [4.69, 9.17) is 5.73 Å². The molecule has 0 saturated heterocycles. The van der Waals surface area contributed by atoms with Crippen LogP contribution in [0.5, 0.6) is 0 Å². The summed E-state index contributed by atoms with van der Waals surface area (Å²) in [5.74, 6) is 0.160. The lowest BCUT2D eigenvalue weighted by molar-refractivity contribution is -0.117. The maximum Gasteiger partial charge on any atom is 0.230 e. The predicted molar refractivity (Wildman–Crippen MR) is 88.2 cm³/mol. The van der Waals surface area contributed by atoms with Gasteiger partial charge in [-0.3, -0.25) is 4.79 Å². The van der Waals surface area contributed by atoms with Gasteiger partial charge < -0.3 is 11.1 Å². The van der Waals surface area contributed by atoms with E-state index in [9.17, 15) is 4.79 Å². The lowest BCUT2D eigenvalue weighted by Crippen LogP contribution is -2.22. The molecule has 5 nitrogen and oxygen atoms in total. The first-order chi connectivity index (χ1) is 9.95. The number of thioether (sulfide) groups is 1. The van der Waals surface area contributed by atoms with E-state index in [1.807, 2.05) is 12.1 Å². The fourth-order valence-corrected chi connectivity index (χ4v) is 3.46. The number of anilines is 2. The number of nitrogens with one attached hydrogen (secondary N) is 1. The van der Waals surface area contributed by atoms with Crippen LogP contribution in [0.2, 0.25) is 0 Å². The van der Waals surface area contributed by atoms with Crippen LogP contribution in [0.3, 0.4) is 0 Å². The Balaban J connectivity index is 2.00. The quantitative estimate of drug-likeness (QED) is 0.797. The average Bonchev–Trinajstić information content (AvgIpc) is 2.86. The van der Waals surface area contributed by atoms with Gasteiger partial charge in [-0.2, -0.15) is 0 Å². The molecular weight excluding hydrogens is 304 g/mol. The molecular formula is C14H18N4OS2. The van der Waals surface area contributed by atoms with E-state index < -0.39 is 0 Å². The van der Waals surface area contributed by atoms with Crippen molar-refractivity contribution in [1.82, 2.24) is 10.2 Å². The van der Waals surface area contributed by atoms with Crippen LogP contribution < -0.4 is 11.1 Å². The van der Waals surface area contributed by atoms with E-state index in [-0.39, 0.29) is 11.2 Å². The zero-order valence-corrected chi connectivity index (χ0v) is 13.8. The molecule has 2 rings (SSSR count). The monoisotopic (exact) mass is 322 g/mol. The van der Waals surface area contributed by atoms with Crippen molar-refractivity contribution in [2.45, 2.75) is 36.3 Å². The van der Waals surface area contributed by atoms with E-state index in [1.54, 1.807) is 6.92 Å². The molecule has 21 heavy (non-hydrogen) atoms. The lowest BCUT2D eigenvalue weighted by atomic mass is 10.0. The maximum atomic E-state index is 11.0. The van der Waals surface area contributed by atoms with Crippen LogP contribution in [-0.2, 0) is 4.79 Å². The van der Waals surface area contributed by atoms with Crippen LogP contribution in [0.15, 0.2) is 28.6 Å². The van der Waals surface area contributed by atoms with Crippen LogP contribution in [0.1, 0.15) is 32.3 Å². The second-order valence-corrected chi connectivity index (χ2v) is 7.50. The molecule has 1 aromatic heterocycles. The summed E-state index contributed by atoms with van der Waals surface area (Å²) in [7, 11) is 0. The lowest BCUT2D eigenvalue weighted by Gasteiger charge is -2.06. The van der Waals surface area contributed by atoms with Gasteiger partial charge in [0.2, 0.25) is 11.0 Å². The molecule has 1 amide bonds. The van der Waals surface area contributed by atoms with Crippen LogP contribution in [0.4, 0.5) is 10.8 Å². The highest BCUT2D eigenvalue weighted by Crippen LogP contribution is 2.30. The summed E-state index contributed by atoms with van der Waals surface area (Å²) in [5, 5.41) is 11.7. The summed E-state index contributed by atoms with van der Waals surface area (Å²) in [6.07, 6.45) is 0. The summed E-state index contributed by atoms with van der Waals surface area (Å²) in [5.41, 5.74) is 7.50. The Bertz CT molecular complexity index is 610. The van der Waals surface area contributed by atoms with Crippen molar-refractivity contribution in [2.75, 3.05) is 5.32 Å². The number of hydrogen-bond acceptors (Lipinski definition) is 6. The number of aromatic nitrogens is 2. The van der Waals surface area contributed by atoms with E-state index >= 15 is 0 Å². The first kappa shape index (κ1) is 15.8. The second-order valence-electron chi connectivity index (χ2n) is 4.94. The van der Waals surface area contributed by atoms with Crippen molar-refractivity contribution in [3.8, 4) is 0 Å². The van der Waals surface area contributed by atoms with Crippen molar-refractivity contribution in [3.05, 3.63) is 29.8 Å². The molecule has 1 aromatic carbocycles. The van der Waals surface area contributed by atoms with Gasteiger partial charge in [-0.05, 0) is 30.5 Å². The van der Waals surface area contributed by atoms with Crippen molar-refractivity contribution in [2.24, 2.45) is 5.73 Å². The molecule has 3 N–H and O–H groups in total. The summed E-state index contributed by atoms with van der Waals surface area (Å²) in [6.45, 7) is 6.08. The summed E-state index contributed by atoms with van der Waals surface area (Å²) in [4.78, 5) is 11.0. The van der Waals surface area contributed by atoms with E-state index in [1.165, 1.54) is 28.7 Å². The van der Waals surface area contributed by atoms with Gasteiger partial charge in [0.05, 0.1) is 5.25 Å². The Morgan fingerprint density at radius 3 is 2.48 bits per heavy atom. The van der Waals surface area contributed by atoms with Crippen LogP contribution in [-0.4, -0.2) is 21.4 Å². The molecule has 0 fully saturated rings. The Morgan fingerprint density at radius 1 is 1.24 bits per heavy atom.